The number of anilines is 1. The lowest BCUT2D eigenvalue weighted by atomic mass is 10.0. The fraction of sp³-hybridized carbons (Fsp3) is 0.706. The van der Waals surface area contributed by atoms with Gasteiger partial charge in [-0.2, -0.15) is 0 Å². The van der Waals surface area contributed by atoms with E-state index in [-0.39, 0.29) is 0 Å². The van der Waals surface area contributed by atoms with Gasteiger partial charge in [0.05, 0.1) is 0 Å². The van der Waals surface area contributed by atoms with Crippen molar-refractivity contribution in [3.8, 4) is 0 Å². The topological polar surface area (TPSA) is 28.2 Å². The van der Waals surface area contributed by atoms with E-state index in [9.17, 15) is 0 Å². The molecule has 0 aliphatic carbocycles. The maximum atomic E-state index is 4.68. The van der Waals surface area contributed by atoms with Crippen LogP contribution in [0.1, 0.15) is 46.1 Å². The number of hydrogen-bond donors (Lipinski definition) is 1. The molecule has 0 aromatic carbocycles. The minimum absolute atomic E-state index is 0.647. The summed E-state index contributed by atoms with van der Waals surface area (Å²) in [5.74, 6) is 2.57. The summed E-state index contributed by atoms with van der Waals surface area (Å²) in [6, 6.07) is 4.91. The van der Waals surface area contributed by atoms with Gasteiger partial charge in [0, 0.05) is 30.9 Å². The predicted molar refractivity (Wildman–Crippen MR) is 86.0 cm³/mol. The number of rotatable bonds is 6. The molecule has 1 aromatic rings. The van der Waals surface area contributed by atoms with E-state index >= 15 is 0 Å². The molecule has 3 heteroatoms. The third-order valence-corrected chi connectivity index (χ3v) is 4.08. The van der Waals surface area contributed by atoms with Crippen LogP contribution in [0.15, 0.2) is 18.3 Å². The minimum Gasteiger partial charge on any atom is -0.353 e. The molecule has 1 aliphatic heterocycles. The van der Waals surface area contributed by atoms with Crippen LogP contribution in [0.4, 0.5) is 5.82 Å². The van der Waals surface area contributed by atoms with E-state index in [1.807, 2.05) is 6.20 Å². The van der Waals surface area contributed by atoms with Gasteiger partial charge in [-0.05, 0) is 37.3 Å². The Morgan fingerprint density at radius 1 is 1.35 bits per heavy atom. The average molecular weight is 275 g/mol. The molecular formula is C17H29N3. The first-order chi connectivity index (χ1) is 9.59. The van der Waals surface area contributed by atoms with Crippen LogP contribution in [-0.4, -0.2) is 24.1 Å². The summed E-state index contributed by atoms with van der Waals surface area (Å²) in [4.78, 5) is 7.20. The van der Waals surface area contributed by atoms with Gasteiger partial charge in [0.1, 0.15) is 5.82 Å². The first-order valence-corrected chi connectivity index (χ1v) is 8.01. The van der Waals surface area contributed by atoms with Gasteiger partial charge in [-0.15, -0.1) is 0 Å². The van der Waals surface area contributed by atoms with Gasteiger partial charge in [-0.3, -0.25) is 0 Å². The summed E-state index contributed by atoms with van der Waals surface area (Å²) in [7, 11) is 0. The summed E-state index contributed by atoms with van der Waals surface area (Å²) < 4.78 is 0. The van der Waals surface area contributed by atoms with E-state index in [0.29, 0.717) is 17.9 Å². The summed E-state index contributed by atoms with van der Waals surface area (Å²) in [6.07, 6.45) is 4.52. The van der Waals surface area contributed by atoms with Gasteiger partial charge < -0.3 is 10.2 Å². The van der Waals surface area contributed by atoms with Gasteiger partial charge in [0.2, 0.25) is 0 Å². The van der Waals surface area contributed by atoms with Gasteiger partial charge in [0.15, 0.2) is 0 Å². The van der Waals surface area contributed by atoms with E-state index in [2.05, 4.69) is 55.0 Å². The van der Waals surface area contributed by atoms with Gasteiger partial charge in [-0.25, -0.2) is 4.98 Å². The minimum atomic E-state index is 0.647. The predicted octanol–water partition coefficient (Wildman–Crippen LogP) is 3.45. The van der Waals surface area contributed by atoms with Crippen LogP contribution in [0.25, 0.3) is 0 Å². The Bertz CT molecular complexity index is 414. The Labute approximate surface area is 123 Å². The van der Waals surface area contributed by atoms with Crippen LogP contribution in [0, 0.1) is 11.8 Å². The van der Waals surface area contributed by atoms with Crippen molar-refractivity contribution in [3.05, 3.63) is 23.9 Å². The number of pyridine rings is 1. The summed E-state index contributed by atoms with van der Waals surface area (Å²) in [6.45, 7) is 12.3. The van der Waals surface area contributed by atoms with Crippen molar-refractivity contribution in [1.29, 1.82) is 0 Å². The molecule has 1 unspecified atom stereocenters. The van der Waals surface area contributed by atoms with E-state index in [1.165, 1.54) is 24.2 Å². The van der Waals surface area contributed by atoms with Gasteiger partial charge in [-0.1, -0.05) is 33.8 Å². The van der Waals surface area contributed by atoms with Crippen LogP contribution in [0.2, 0.25) is 0 Å². The lowest BCUT2D eigenvalue weighted by Crippen LogP contribution is -2.35. The normalized spacial score (nSPS) is 19.3. The van der Waals surface area contributed by atoms with Crippen molar-refractivity contribution >= 4 is 5.82 Å². The first-order valence-electron chi connectivity index (χ1n) is 8.01. The largest absolute Gasteiger partial charge is 0.353 e. The monoisotopic (exact) mass is 275 g/mol. The molecule has 1 atom stereocenters. The van der Waals surface area contributed by atoms with Crippen molar-refractivity contribution < 1.29 is 0 Å². The second-order valence-electron chi connectivity index (χ2n) is 6.66. The third-order valence-electron chi connectivity index (χ3n) is 4.08. The van der Waals surface area contributed by atoms with E-state index in [4.69, 9.17) is 0 Å². The quantitative estimate of drug-likeness (QED) is 0.862. The smallest absolute Gasteiger partial charge is 0.133 e. The van der Waals surface area contributed by atoms with E-state index in [1.54, 1.807) is 0 Å². The standard InChI is InChI=1S/C17H29N3/c1-13(2)11-18-12-15-7-5-9-19-17(15)20-10-6-8-16(20)14(3)4/h5,7,9,13-14,16,18H,6,8,10-12H2,1-4H3. The van der Waals surface area contributed by atoms with E-state index < -0.39 is 0 Å². The molecule has 0 saturated carbocycles. The summed E-state index contributed by atoms with van der Waals surface area (Å²) in [5.41, 5.74) is 1.33. The second-order valence-corrected chi connectivity index (χ2v) is 6.66. The Hall–Kier alpha value is -1.09. The highest BCUT2D eigenvalue weighted by atomic mass is 15.2. The Morgan fingerprint density at radius 2 is 2.15 bits per heavy atom. The van der Waals surface area contributed by atoms with Crippen molar-refractivity contribution in [2.45, 2.75) is 53.1 Å². The summed E-state index contributed by atoms with van der Waals surface area (Å²) >= 11 is 0. The van der Waals surface area contributed by atoms with Crippen LogP contribution < -0.4 is 10.2 Å². The number of nitrogens with zero attached hydrogens (tertiary/aromatic N) is 2. The lowest BCUT2D eigenvalue weighted by Gasteiger charge is -2.30. The van der Waals surface area contributed by atoms with Crippen molar-refractivity contribution in [3.63, 3.8) is 0 Å². The second kappa shape index (κ2) is 7.07. The maximum Gasteiger partial charge on any atom is 0.133 e. The SMILES string of the molecule is CC(C)CNCc1cccnc1N1CCCC1C(C)C. The van der Waals surface area contributed by atoms with Crippen molar-refractivity contribution in [2.24, 2.45) is 11.8 Å². The molecule has 0 radical (unpaired) electrons. The molecule has 1 saturated heterocycles. The molecule has 0 amide bonds. The molecular weight excluding hydrogens is 246 g/mol. The molecule has 1 aliphatic rings. The Morgan fingerprint density at radius 3 is 2.85 bits per heavy atom. The molecule has 1 fully saturated rings. The van der Waals surface area contributed by atoms with Crippen LogP contribution in [0.3, 0.4) is 0 Å². The molecule has 0 spiro atoms. The molecule has 20 heavy (non-hydrogen) atoms. The molecule has 1 N–H and O–H groups in total. The highest BCUT2D eigenvalue weighted by Gasteiger charge is 2.29. The molecule has 2 rings (SSSR count). The zero-order valence-electron chi connectivity index (χ0n) is 13.4. The maximum absolute atomic E-state index is 4.68. The highest BCUT2D eigenvalue weighted by Crippen LogP contribution is 2.30. The number of aromatic nitrogens is 1. The molecule has 1 aromatic heterocycles. The molecule has 2 heterocycles. The van der Waals surface area contributed by atoms with Crippen LogP contribution >= 0.6 is 0 Å². The Kier molecular flexibility index (Phi) is 5.41. The number of nitrogens with one attached hydrogen (secondary N) is 1. The van der Waals surface area contributed by atoms with E-state index in [0.717, 1.165) is 19.6 Å². The van der Waals surface area contributed by atoms with Crippen molar-refractivity contribution in [2.75, 3.05) is 18.0 Å². The third kappa shape index (κ3) is 3.72. The molecule has 3 nitrogen and oxygen atoms in total. The van der Waals surface area contributed by atoms with Crippen molar-refractivity contribution in [1.82, 2.24) is 10.3 Å². The van der Waals surface area contributed by atoms with Crippen LogP contribution in [-0.2, 0) is 6.54 Å². The van der Waals surface area contributed by atoms with Gasteiger partial charge >= 0.3 is 0 Å². The molecule has 112 valence electrons. The Balaban J connectivity index is 2.10. The average Bonchev–Trinajstić information content (AvgIpc) is 2.88. The zero-order valence-corrected chi connectivity index (χ0v) is 13.4. The first kappa shape index (κ1) is 15.3. The van der Waals surface area contributed by atoms with Crippen LogP contribution in [0.5, 0.6) is 0 Å². The highest BCUT2D eigenvalue weighted by molar-refractivity contribution is 5.48. The fourth-order valence-electron chi connectivity index (χ4n) is 3.07. The lowest BCUT2D eigenvalue weighted by molar-refractivity contribution is 0.487. The fourth-order valence-corrected chi connectivity index (χ4v) is 3.07. The molecule has 0 bridgehead atoms. The van der Waals surface area contributed by atoms with Gasteiger partial charge in [0.25, 0.3) is 0 Å². The zero-order chi connectivity index (χ0) is 14.5. The number of hydrogen-bond acceptors (Lipinski definition) is 3. The summed E-state index contributed by atoms with van der Waals surface area (Å²) in [5, 5.41) is 3.54.